The van der Waals surface area contributed by atoms with E-state index in [1.54, 1.807) is 0 Å². The van der Waals surface area contributed by atoms with E-state index < -0.39 is 0 Å². The maximum atomic E-state index is 5.95. The Morgan fingerprint density at radius 2 is 2.06 bits per heavy atom. The molecule has 0 aromatic carbocycles. The van der Waals surface area contributed by atoms with Crippen LogP contribution in [0.4, 0.5) is 0 Å². The molecule has 2 aromatic heterocycles. The smallest absolute Gasteiger partial charge is 0.138 e. The van der Waals surface area contributed by atoms with Crippen molar-refractivity contribution >= 4 is 11.6 Å². The fraction of sp³-hybridized carbons (Fsp3) is 0.429. The Morgan fingerprint density at radius 3 is 2.61 bits per heavy atom. The Morgan fingerprint density at radius 1 is 1.28 bits per heavy atom. The number of halogens is 1. The van der Waals surface area contributed by atoms with Crippen molar-refractivity contribution in [3.05, 3.63) is 41.1 Å². The van der Waals surface area contributed by atoms with Gasteiger partial charge in [0, 0.05) is 17.3 Å². The van der Waals surface area contributed by atoms with E-state index in [9.17, 15) is 0 Å². The molecule has 2 rings (SSSR count). The van der Waals surface area contributed by atoms with Gasteiger partial charge in [0.2, 0.25) is 0 Å². The van der Waals surface area contributed by atoms with Crippen LogP contribution < -0.4 is 0 Å². The number of hydrogen-bond donors (Lipinski definition) is 0. The second kappa shape index (κ2) is 5.53. The number of aryl methyl sites for hydroxylation is 2. The van der Waals surface area contributed by atoms with Crippen molar-refractivity contribution in [1.82, 2.24) is 14.5 Å². The minimum absolute atomic E-state index is 0.513. The largest absolute Gasteiger partial charge is 0.287 e. The van der Waals surface area contributed by atoms with Crippen LogP contribution >= 0.6 is 11.6 Å². The summed E-state index contributed by atoms with van der Waals surface area (Å²) < 4.78 is 2.02. The molecule has 0 saturated carbocycles. The van der Waals surface area contributed by atoms with Gasteiger partial charge < -0.3 is 0 Å². The Labute approximate surface area is 113 Å². The second-order valence-corrected chi connectivity index (χ2v) is 4.76. The van der Waals surface area contributed by atoms with Crippen molar-refractivity contribution in [3.8, 4) is 5.82 Å². The minimum atomic E-state index is 0.513. The van der Waals surface area contributed by atoms with Crippen LogP contribution in [0.5, 0.6) is 0 Å². The van der Waals surface area contributed by atoms with Crippen LogP contribution in [-0.2, 0) is 12.3 Å². The predicted octanol–water partition coefficient (Wildman–Crippen LogP) is 3.58. The molecule has 0 radical (unpaired) electrons. The summed E-state index contributed by atoms with van der Waals surface area (Å²) in [5.74, 6) is 1.42. The van der Waals surface area contributed by atoms with Gasteiger partial charge in [0.25, 0.3) is 0 Å². The summed E-state index contributed by atoms with van der Waals surface area (Å²) >= 11 is 5.95. The first kappa shape index (κ1) is 13.1. The minimum Gasteiger partial charge on any atom is -0.287 e. The summed E-state index contributed by atoms with van der Waals surface area (Å²) in [6, 6.07) is 4.11. The Kier molecular flexibility index (Phi) is 4.02. The SMILES string of the molecule is CCCc1cc(CCl)cc(-n2cnc(C)c2C)n1. The molecular weight excluding hydrogens is 246 g/mol. The van der Waals surface area contributed by atoms with E-state index in [4.69, 9.17) is 11.6 Å². The van der Waals surface area contributed by atoms with Crippen LogP contribution in [0.25, 0.3) is 5.82 Å². The van der Waals surface area contributed by atoms with Gasteiger partial charge in [-0.1, -0.05) is 13.3 Å². The highest BCUT2D eigenvalue weighted by Crippen LogP contribution is 2.16. The second-order valence-electron chi connectivity index (χ2n) is 4.49. The summed E-state index contributed by atoms with van der Waals surface area (Å²) in [4.78, 5) is 8.99. The summed E-state index contributed by atoms with van der Waals surface area (Å²) in [6.45, 7) is 6.21. The molecule has 0 amide bonds. The molecule has 2 heterocycles. The van der Waals surface area contributed by atoms with E-state index >= 15 is 0 Å². The first-order valence-electron chi connectivity index (χ1n) is 6.22. The summed E-state index contributed by atoms with van der Waals surface area (Å²) in [5.41, 5.74) is 4.36. The third kappa shape index (κ3) is 2.56. The summed E-state index contributed by atoms with van der Waals surface area (Å²) in [6.07, 6.45) is 3.88. The first-order valence-corrected chi connectivity index (χ1v) is 6.76. The normalized spacial score (nSPS) is 10.9. The van der Waals surface area contributed by atoms with Gasteiger partial charge in [-0.15, -0.1) is 11.6 Å². The fourth-order valence-electron chi connectivity index (χ4n) is 1.95. The van der Waals surface area contributed by atoms with E-state index in [0.29, 0.717) is 5.88 Å². The molecule has 0 fully saturated rings. The zero-order valence-electron chi connectivity index (χ0n) is 11.1. The zero-order valence-corrected chi connectivity index (χ0v) is 11.8. The standard InChI is InChI=1S/C14H18ClN3/c1-4-5-13-6-12(8-15)7-14(17-13)18-9-16-10(2)11(18)3/h6-7,9H,4-5,8H2,1-3H3. The number of alkyl halides is 1. The monoisotopic (exact) mass is 263 g/mol. The lowest BCUT2D eigenvalue weighted by molar-refractivity contribution is 0.852. The number of rotatable bonds is 4. The van der Waals surface area contributed by atoms with Crippen LogP contribution in [0.3, 0.4) is 0 Å². The van der Waals surface area contributed by atoms with E-state index in [-0.39, 0.29) is 0 Å². The summed E-state index contributed by atoms with van der Waals surface area (Å²) in [7, 11) is 0. The van der Waals surface area contributed by atoms with Crippen LogP contribution in [0.1, 0.15) is 36.0 Å². The Bertz CT molecular complexity index is 546. The molecule has 2 aromatic rings. The van der Waals surface area contributed by atoms with E-state index in [1.807, 2.05) is 23.9 Å². The van der Waals surface area contributed by atoms with Crippen LogP contribution in [0.15, 0.2) is 18.5 Å². The van der Waals surface area contributed by atoms with Crippen LogP contribution in [0, 0.1) is 13.8 Å². The van der Waals surface area contributed by atoms with Crippen molar-refractivity contribution in [3.63, 3.8) is 0 Å². The molecular formula is C14H18ClN3. The van der Waals surface area contributed by atoms with Crippen LogP contribution in [-0.4, -0.2) is 14.5 Å². The molecule has 0 bridgehead atoms. The van der Waals surface area contributed by atoms with E-state index in [1.165, 1.54) is 0 Å². The van der Waals surface area contributed by atoms with Gasteiger partial charge in [-0.25, -0.2) is 9.97 Å². The van der Waals surface area contributed by atoms with Gasteiger partial charge >= 0.3 is 0 Å². The van der Waals surface area contributed by atoms with E-state index in [0.717, 1.165) is 41.3 Å². The van der Waals surface area contributed by atoms with Gasteiger partial charge in [0.15, 0.2) is 0 Å². The topological polar surface area (TPSA) is 30.7 Å². The van der Waals surface area contributed by atoms with E-state index in [2.05, 4.69) is 29.9 Å². The van der Waals surface area contributed by atoms with Gasteiger partial charge in [-0.2, -0.15) is 0 Å². The Hall–Kier alpha value is -1.35. The third-order valence-electron chi connectivity index (χ3n) is 3.08. The van der Waals surface area contributed by atoms with Crippen LogP contribution in [0.2, 0.25) is 0 Å². The van der Waals surface area contributed by atoms with Gasteiger partial charge in [0.1, 0.15) is 12.1 Å². The molecule has 4 heteroatoms. The number of imidazole rings is 1. The average molecular weight is 264 g/mol. The van der Waals surface area contributed by atoms with Gasteiger partial charge in [0.05, 0.1) is 5.69 Å². The lowest BCUT2D eigenvalue weighted by Gasteiger charge is -2.09. The highest BCUT2D eigenvalue weighted by molar-refractivity contribution is 6.17. The summed E-state index contributed by atoms with van der Waals surface area (Å²) in [5, 5.41) is 0. The number of hydrogen-bond acceptors (Lipinski definition) is 2. The molecule has 3 nitrogen and oxygen atoms in total. The molecule has 0 aliphatic heterocycles. The van der Waals surface area contributed by atoms with Crippen molar-refractivity contribution in [2.75, 3.05) is 0 Å². The fourth-order valence-corrected chi connectivity index (χ4v) is 2.10. The molecule has 0 spiro atoms. The third-order valence-corrected chi connectivity index (χ3v) is 3.39. The molecule has 0 atom stereocenters. The molecule has 0 aliphatic rings. The van der Waals surface area contributed by atoms with Gasteiger partial charge in [-0.05, 0) is 38.0 Å². The van der Waals surface area contributed by atoms with Gasteiger partial charge in [-0.3, -0.25) is 4.57 Å². The molecule has 0 aliphatic carbocycles. The van der Waals surface area contributed by atoms with Crippen molar-refractivity contribution in [1.29, 1.82) is 0 Å². The van der Waals surface area contributed by atoms with Crippen molar-refractivity contribution in [2.24, 2.45) is 0 Å². The number of nitrogens with zero attached hydrogens (tertiary/aromatic N) is 3. The molecule has 0 unspecified atom stereocenters. The highest BCUT2D eigenvalue weighted by atomic mass is 35.5. The number of aromatic nitrogens is 3. The zero-order chi connectivity index (χ0) is 13.1. The number of pyridine rings is 1. The highest BCUT2D eigenvalue weighted by Gasteiger charge is 2.08. The molecule has 0 saturated heterocycles. The molecule has 96 valence electrons. The van der Waals surface area contributed by atoms with Crippen molar-refractivity contribution in [2.45, 2.75) is 39.5 Å². The quantitative estimate of drug-likeness (QED) is 0.790. The Balaban J connectivity index is 2.49. The average Bonchev–Trinajstić information content (AvgIpc) is 2.70. The lowest BCUT2D eigenvalue weighted by Crippen LogP contribution is -2.03. The molecule has 18 heavy (non-hydrogen) atoms. The molecule has 0 N–H and O–H groups in total. The predicted molar refractivity (Wildman–Crippen MR) is 74.4 cm³/mol. The van der Waals surface area contributed by atoms with Crippen molar-refractivity contribution < 1.29 is 0 Å². The maximum absolute atomic E-state index is 5.95. The maximum Gasteiger partial charge on any atom is 0.138 e. The lowest BCUT2D eigenvalue weighted by atomic mass is 10.2. The first-order chi connectivity index (χ1) is 8.65.